The topological polar surface area (TPSA) is 99.9 Å². The summed E-state index contributed by atoms with van der Waals surface area (Å²) < 4.78 is 33.0. The first kappa shape index (κ1) is 28.4. The number of hydrogen-bond donors (Lipinski definition) is 0. The van der Waals surface area contributed by atoms with E-state index >= 15 is 0 Å². The van der Waals surface area contributed by atoms with Gasteiger partial charge in [-0.25, -0.2) is 8.42 Å². The highest BCUT2D eigenvalue weighted by Gasteiger charge is 2.34. The number of benzene rings is 2. The van der Waals surface area contributed by atoms with Crippen LogP contribution >= 0.6 is 0 Å². The van der Waals surface area contributed by atoms with Crippen LogP contribution in [-0.4, -0.2) is 77.8 Å². The van der Waals surface area contributed by atoms with Gasteiger partial charge < -0.3 is 9.42 Å². The molecular formula is C30H39N5O4S. The molecule has 40 heavy (non-hydrogen) atoms. The fourth-order valence-electron chi connectivity index (χ4n) is 5.35. The molecule has 1 amide bonds. The zero-order valence-corrected chi connectivity index (χ0v) is 24.7. The van der Waals surface area contributed by atoms with Crippen molar-refractivity contribution in [3.63, 3.8) is 0 Å². The smallest absolute Gasteiger partial charge is 0.243 e. The van der Waals surface area contributed by atoms with Gasteiger partial charge in [-0.1, -0.05) is 67.9 Å². The monoisotopic (exact) mass is 565 g/mol. The van der Waals surface area contributed by atoms with Crippen LogP contribution in [0.25, 0.3) is 11.4 Å². The lowest BCUT2D eigenvalue weighted by Gasteiger charge is -2.38. The Morgan fingerprint density at radius 3 is 2.15 bits per heavy atom. The molecule has 0 saturated carbocycles. The van der Waals surface area contributed by atoms with E-state index in [9.17, 15) is 13.2 Å². The highest BCUT2D eigenvalue weighted by Crippen LogP contribution is 2.26. The van der Waals surface area contributed by atoms with Crippen molar-refractivity contribution in [1.82, 2.24) is 24.2 Å². The Bertz CT molecular complexity index is 1410. The Balaban J connectivity index is 1.09. The van der Waals surface area contributed by atoms with Gasteiger partial charge in [-0.15, -0.1) is 0 Å². The normalized spacial score (nSPS) is 18.2. The summed E-state index contributed by atoms with van der Waals surface area (Å²) in [7, 11) is -3.55. The molecule has 9 nitrogen and oxygen atoms in total. The molecule has 0 unspecified atom stereocenters. The predicted octanol–water partition coefficient (Wildman–Crippen LogP) is 4.09. The third-order valence-corrected chi connectivity index (χ3v) is 9.89. The van der Waals surface area contributed by atoms with Crippen LogP contribution in [0.4, 0.5) is 0 Å². The number of hydrogen-bond acceptors (Lipinski definition) is 7. The Morgan fingerprint density at radius 1 is 0.925 bits per heavy atom. The Hall–Kier alpha value is -3.08. The number of piperidine rings is 1. The molecule has 5 rings (SSSR count). The molecule has 10 heteroatoms. The van der Waals surface area contributed by atoms with Gasteiger partial charge in [-0.3, -0.25) is 9.69 Å². The minimum absolute atomic E-state index is 0.0453. The van der Waals surface area contributed by atoms with Gasteiger partial charge in [-0.05, 0) is 56.0 Å². The second-order valence-corrected chi connectivity index (χ2v) is 13.9. The maximum Gasteiger partial charge on any atom is 0.243 e. The molecule has 3 heterocycles. The lowest BCUT2D eigenvalue weighted by Crippen LogP contribution is -2.52. The van der Waals surface area contributed by atoms with Gasteiger partial charge in [0.1, 0.15) is 0 Å². The molecule has 0 aliphatic carbocycles. The molecule has 214 valence electrons. The SMILES string of the molecule is Cc1ccc(S(=O)(=O)N2CCN(C(=O)C3CCN(Cc4nc(-c5ccc(C(C)(C)C)cc5)no4)CC3)CC2)cc1. The lowest BCUT2D eigenvalue weighted by molar-refractivity contribution is -0.138. The van der Waals surface area contributed by atoms with Crippen molar-refractivity contribution >= 4 is 15.9 Å². The van der Waals surface area contributed by atoms with Gasteiger partial charge in [0.15, 0.2) is 0 Å². The standard InChI is InChI=1S/C30H39N5O4S/c1-22-5-11-26(12-6-22)40(37,38)35-19-17-34(18-20-35)29(36)24-13-15-33(16-14-24)21-27-31-28(32-39-27)23-7-9-25(10-8-23)30(2,3)4/h5-12,24H,13-21H2,1-4H3. The van der Waals surface area contributed by atoms with Crippen molar-refractivity contribution in [2.24, 2.45) is 5.92 Å². The molecule has 2 saturated heterocycles. The summed E-state index contributed by atoms with van der Waals surface area (Å²) >= 11 is 0. The van der Waals surface area contributed by atoms with E-state index < -0.39 is 10.0 Å². The number of piperazine rings is 1. The van der Waals surface area contributed by atoms with Crippen LogP contribution in [0.15, 0.2) is 57.9 Å². The van der Waals surface area contributed by atoms with Crippen molar-refractivity contribution < 1.29 is 17.7 Å². The summed E-state index contributed by atoms with van der Waals surface area (Å²) in [5.74, 6) is 1.25. The second-order valence-electron chi connectivity index (χ2n) is 11.9. The molecule has 2 fully saturated rings. The Labute approximate surface area is 237 Å². The van der Waals surface area contributed by atoms with Gasteiger partial charge in [0.25, 0.3) is 0 Å². The van der Waals surface area contributed by atoms with Crippen LogP contribution < -0.4 is 0 Å². The van der Waals surface area contributed by atoms with Crippen molar-refractivity contribution in [1.29, 1.82) is 0 Å². The highest BCUT2D eigenvalue weighted by atomic mass is 32.2. The van der Waals surface area contributed by atoms with Gasteiger partial charge >= 0.3 is 0 Å². The van der Waals surface area contributed by atoms with E-state index in [-0.39, 0.29) is 17.2 Å². The third-order valence-electron chi connectivity index (χ3n) is 7.98. The fourth-order valence-corrected chi connectivity index (χ4v) is 6.77. The summed E-state index contributed by atoms with van der Waals surface area (Å²) in [6, 6.07) is 15.2. The van der Waals surface area contributed by atoms with Gasteiger partial charge in [-0.2, -0.15) is 9.29 Å². The van der Waals surface area contributed by atoms with E-state index in [0.717, 1.165) is 37.1 Å². The molecular weight excluding hydrogens is 526 g/mol. The number of sulfonamides is 1. The van der Waals surface area contributed by atoms with Gasteiger partial charge in [0, 0.05) is 37.7 Å². The van der Waals surface area contributed by atoms with Crippen LogP contribution in [-0.2, 0) is 26.8 Å². The van der Waals surface area contributed by atoms with Crippen LogP contribution in [0, 0.1) is 12.8 Å². The fraction of sp³-hybridized carbons (Fsp3) is 0.500. The molecule has 2 aliphatic heterocycles. The number of nitrogens with zero attached hydrogens (tertiary/aromatic N) is 5. The van der Waals surface area contributed by atoms with E-state index in [0.29, 0.717) is 49.3 Å². The average molecular weight is 566 g/mol. The molecule has 2 aliphatic rings. The largest absolute Gasteiger partial charge is 0.340 e. The number of amides is 1. The van der Waals surface area contributed by atoms with Crippen molar-refractivity contribution in [2.45, 2.75) is 57.4 Å². The molecule has 0 spiro atoms. The maximum absolute atomic E-state index is 13.2. The summed E-state index contributed by atoms with van der Waals surface area (Å²) in [5.41, 5.74) is 3.29. The van der Waals surface area contributed by atoms with Crippen LogP contribution in [0.3, 0.4) is 0 Å². The van der Waals surface area contributed by atoms with Gasteiger partial charge in [0.2, 0.25) is 27.6 Å². The lowest BCUT2D eigenvalue weighted by atomic mass is 9.87. The van der Waals surface area contributed by atoms with E-state index in [1.807, 2.05) is 36.1 Å². The molecule has 0 atom stereocenters. The van der Waals surface area contributed by atoms with Gasteiger partial charge in [0.05, 0.1) is 11.4 Å². The van der Waals surface area contributed by atoms with E-state index in [1.165, 1.54) is 9.87 Å². The molecule has 0 N–H and O–H groups in total. The zero-order valence-electron chi connectivity index (χ0n) is 23.8. The summed E-state index contributed by atoms with van der Waals surface area (Å²) in [5, 5.41) is 4.17. The first-order valence-corrected chi connectivity index (χ1v) is 15.5. The molecule has 1 aromatic heterocycles. The molecule has 2 aromatic carbocycles. The summed E-state index contributed by atoms with van der Waals surface area (Å²) in [4.78, 5) is 22.2. The second kappa shape index (κ2) is 11.4. The third kappa shape index (κ3) is 6.29. The van der Waals surface area contributed by atoms with Crippen LogP contribution in [0.2, 0.25) is 0 Å². The Morgan fingerprint density at radius 2 is 1.55 bits per heavy atom. The maximum atomic E-state index is 13.2. The van der Waals surface area contributed by atoms with Crippen molar-refractivity contribution in [3.05, 3.63) is 65.5 Å². The van der Waals surface area contributed by atoms with E-state index in [4.69, 9.17) is 4.52 Å². The molecule has 0 radical (unpaired) electrons. The van der Waals surface area contributed by atoms with Crippen molar-refractivity contribution in [3.8, 4) is 11.4 Å². The number of likely N-dealkylation sites (tertiary alicyclic amines) is 1. The average Bonchev–Trinajstić information content (AvgIpc) is 3.41. The van der Waals surface area contributed by atoms with E-state index in [2.05, 4.69) is 47.9 Å². The molecule has 3 aromatic rings. The number of carbonyl (C=O) groups excluding carboxylic acids is 1. The number of rotatable bonds is 6. The zero-order chi connectivity index (χ0) is 28.5. The summed E-state index contributed by atoms with van der Waals surface area (Å²) in [6.07, 6.45) is 1.52. The highest BCUT2D eigenvalue weighted by molar-refractivity contribution is 7.89. The summed E-state index contributed by atoms with van der Waals surface area (Å²) in [6.45, 7) is 12.1. The number of aromatic nitrogens is 2. The van der Waals surface area contributed by atoms with Crippen LogP contribution in [0.1, 0.15) is 50.6 Å². The van der Waals surface area contributed by atoms with Crippen LogP contribution in [0.5, 0.6) is 0 Å². The number of carbonyl (C=O) groups is 1. The number of aryl methyl sites for hydroxylation is 1. The first-order chi connectivity index (χ1) is 19.0. The first-order valence-electron chi connectivity index (χ1n) is 14.0. The predicted molar refractivity (Wildman–Crippen MR) is 153 cm³/mol. The quantitative estimate of drug-likeness (QED) is 0.444. The van der Waals surface area contributed by atoms with Crippen molar-refractivity contribution in [2.75, 3.05) is 39.3 Å². The minimum atomic E-state index is -3.55. The molecule has 0 bridgehead atoms. The Kier molecular flexibility index (Phi) is 8.13. The van der Waals surface area contributed by atoms with E-state index in [1.54, 1.807) is 12.1 Å². The minimum Gasteiger partial charge on any atom is -0.340 e.